The molecule has 43 valence electrons. The molecule has 0 aliphatic heterocycles. The van der Waals surface area contributed by atoms with E-state index < -0.39 is 0 Å². The number of hydrogen-bond donors (Lipinski definition) is 0. The Morgan fingerprint density at radius 3 is 3.00 bits per heavy atom. The lowest BCUT2D eigenvalue weighted by molar-refractivity contribution is 0.848. The Morgan fingerprint density at radius 1 is 1.75 bits per heavy atom. The third-order valence-corrected chi connectivity index (χ3v) is 1.36. The van der Waals surface area contributed by atoms with Gasteiger partial charge in [-0.1, -0.05) is 24.3 Å². The van der Waals surface area contributed by atoms with E-state index in [1.54, 1.807) is 11.6 Å². The highest BCUT2D eigenvalue weighted by Crippen LogP contribution is 2.23. The van der Waals surface area contributed by atoms with Crippen molar-refractivity contribution in [3.05, 3.63) is 24.3 Å². The third kappa shape index (κ3) is 1.97. The first-order chi connectivity index (χ1) is 3.93. The monoisotopic (exact) mass is 107 g/mol. The molecular formula is C8H11. The van der Waals surface area contributed by atoms with Crippen molar-refractivity contribution in [1.82, 2.24) is 0 Å². The van der Waals surface area contributed by atoms with Crippen LogP contribution in [0.15, 0.2) is 17.7 Å². The Bertz CT molecular complexity index is 109. The van der Waals surface area contributed by atoms with Crippen molar-refractivity contribution >= 4 is 0 Å². The zero-order valence-electron chi connectivity index (χ0n) is 5.06. The van der Waals surface area contributed by atoms with Gasteiger partial charge in [0.2, 0.25) is 0 Å². The Balaban J connectivity index is 1.88. The van der Waals surface area contributed by atoms with Crippen molar-refractivity contribution in [1.29, 1.82) is 0 Å². The van der Waals surface area contributed by atoms with Crippen LogP contribution in [-0.4, -0.2) is 0 Å². The molecule has 1 aliphatic carbocycles. The van der Waals surface area contributed by atoms with E-state index in [4.69, 9.17) is 6.58 Å². The van der Waals surface area contributed by atoms with Crippen LogP contribution < -0.4 is 0 Å². The summed E-state index contributed by atoms with van der Waals surface area (Å²) in [5.74, 6) is 0. The molecule has 1 rings (SSSR count). The predicted molar refractivity (Wildman–Crippen MR) is 35.4 cm³/mol. The number of hydrogen-bond acceptors (Lipinski definition) is 0. The summed E-state index contributed by atoms with van der Waals surface area (Å²) in [6, 6.07) is 0. The van der Waals surface area contributed by atoms with E-state index >= 15 is 0 Å². The van der Waals surface area contributed by atoms with Crippen molar-refractivity contribution in [2.45, 2.75) is 25.7 Å². The number of rotatable bonds is 4. The van der Waals surface area contributed by atoms with Crippen molar-refractivity contribution in [3.63, 3.8) is 0 Å². The molecule has 0 bridgehead atoms. The largest absolute Gasteiger partial charge is 0.0845 e. The van der Waals surface area contributed by atoms with Gasteiger partial charge in [0.15, 0.2) is 0 Å². The van der Waals surface area contributed by atoms with Gasteiger partial charge in [-0.15, -0.1) is 0 Å². The van der Waals surface area contributed by atoms with Crippen LogP contribution in [0.5, 0.6) is 0 Å². The van der Waals surface area contributed by atoms with Gasteiger partial charge in [-0.25, -0.2) is 0 Å². The molecule has 8 heavy (non-hydrogen) atoms. The number of unbranched alkanes of at least 4 members (excludes halogenated alkanes) is 1. The molecule has 0 heteroatoms. The molecule has 1 aliphatic rings. The van der Waals surface area contributed by atoms with Crippen molar-refractivity contribution < 1.29 is 0 Å². The molecule has 0 saturated heterocycles. The van der Waals surface area contributed by atoms with Crippen LogP contribution in [0.1, 0.15) is 25.7 Å². The van der Waals surface area contributed by atoms with Gasteiger partial charge in [0.25, 0.3) is 0 Å². The highest BCUT2D eigenvalue weighted by molar-refractivity contribution is 5.21. The van der Waals surface area contributed by atoms with Gasteiger partial charge in [-0.2, -0.15) is 0 Å². The third-order valence-electron chi connectivity index (χ3n) is 1.36. The highest BCUT2D eigenvalue weighted by Gasteiger charge is 2.04. The molecule has 0 saturated carbocycles. The van der Waals surface area contributed by atoms with Crippen LogP contribution in [0.4, 0.5) is 0 Å². The predicted octanol–water partition coefficient (Wildman–Crippen LogP) is 2.48. The van der Waals surface area contributed by atoms with Gasteiger partial charge >= 0.3 is 0 Å². The van der Waals surface area contributed by atoms with Crippen LogP contribution in [0.2, 0.25) is 0 Å². The van der Waals surface area contributed by atoms with E-state index in [0.29, 0.717) is 0 Å². The fourth-order valence-electron chi connectivity index (χ4n) is 0.723. The summed E-state index contributed by atoms with van der Waals surface area (Å²) in [6.07, 6.45) is 8.86. The van der Waals surface area contributed by atoms with Crippen LogP contribution >= 0.6 is 0 Å². The second-order valence-corrected chi connectivity index (χ2v) is 2.19. The van der Waals surface area contributed by atoms with E-state index in [1.807, 2.05) is 0 Å². The molecule has 0 aromatic heterocycles. The van der Waals surface area contributed by atoms with Gasteiger partial charge in [0.05, 0.1) is 0 Å². The van der Waals surface area contributed by atoms with Gasteiger partial charge < -0.3 is 0 Å². The summed E-state index contributed by atoms with van der Waals surface area (Å²) in [5, 5.41) is 0. The zero-order valence-corrected chi connectivity index (χ0v) is 5.06. The Labute approximate surface area is 50.9 Å². The SMILES string of the molecule is [CH]=CCCCC1=CC1. The average Bonchev–Trinajstić information content (AvgIpc) is 2.51. The summed E-state index contributed by atoms with van der Waals surface area (Å²) in [5.41, 5.74) is 1.62. The van der Waals surface area contributed by atoms with Gasteiger partial charge in [0, 0.05) is 0 Å². The summed E-state index contributed by atoms with van der Waals surface area (Å²) in [6.45, 7) is 5.19. The molecule has 0 unspecified atom stereocenters. The maximum atomic E-state index is 5.19. The van der Waals surface area contributed by atoms with E-state index in [1.165, 1.54) is 19.3 Å². The van der Waals surface area contributed by atoms with Crippen LogP contribution in [0.25, 0.3) is 0 Å². The molecule has 0 aromatic rings. The van der Waals surface area contributed by atoms with Crippen molar-refractivity contribution in [2.75, 3.05) is 0 Å². The van der Waals surface area contributed by atoms with Gasteiger partial charge in [-0.3, -0.25) is 0 Å². The summed E-state index contributed by atoms with van der Waals surface area (Å²) in [7, 11) is 0. The Kier molecular flexibility index (Phi) is 1.90. The minimum absolute atomic E-state index is 1.07. The van der Waals surface area contributed by atoms with E-state index in [0.717, 1.165) is 6.42 Å². The van der Waals surface area contributed by atoms with E-state index in [-0.39, 0.29) is 0 Å². The van der Waals surface area contributed by atoms with Gasteiger partial charge in [-0.05, 0) is 25.7 Å². The molecule has 0 atom stereocenters. The first-order valence-electron chi connectivity index (χ1n) is 3.15. The van der Waals surface area contributed by atoms with Crippen molar-refractivity contribution in [3.8, 4) is 0 Å². The molecular weight excluding hydrogens is 96.1 g/mol. The minimum Gasteiger partial charge on any atom is -0.0845 e. The average molecular weight is 107 g/mol. The first-order valence-corrected chi connectivity index (χ1v) is 3.15. The maximum absolute atomic E-state index is 5.19. The Morgan fingerprint density at radius 2 is 2.50 bits per heavy atom. The molecule has 0 amide bonds. The molecule has 0 nitrogen and oxygen atoms in total. The fourth-order valence-corrected chi connectivity index (χ4v) is 0.723. The molecule has 1 radical (unpaired) electrons. The zero-order chi connectivity index (χ0) is 5.82. The lowest BCUT2D eigenvalue weighted by Crippen LogP contribution is -1.68. The highest BCUT2D eigenvalue weighted by atomic mass is 14.1. The second-order valence-electron chi connectivity index (χ2n) is 2.19. The number of allylic oxidation sites excluding steroid dienone is 3. The second kappa shape index (κ2) is 2.71. The summed E-state index contributed by atoms with van der Waals surface area (Å²) < 4.78 is 0. The molecule has 0 spiro atoms. The fraction of sp³-hybridized carbons (Fsp3) is 0.500. The smallest absolute Gasteiger partial charge is 0.0136 e. The lowest BCUT2D eigenvalue weighted by Gasteiger charge is -1.87. The molecule has 0 fully saturated rings. The van der Waals surface area contributed by atoms with E-state index in [2.05, 4.69) is 6.08 Å². The lowest BCUT2D eigenvalue weighted by atomic mass is 10.2. The first kappa shape index (κ1) is 5.61. The van der Waals surface area contributed by atoms with Crippen LogP contribution in [-0.2, 0) is 0 Å². The van der Waals surface area contributed by atoms with E-state index in [9.17, 15) is 0 Å². The molecule has 0 N–H and O–H groups in total. The molecule has 0 heterocycles. The quantitative estimate of drug-likeness (QED) is 0.382. The summed E-state index contributed by atoms with van der Waals surface area (Å²) in [4.78, 5) is 0. The minimum atomic E-state index is 1.07. The van der Waals surface area contributed by atoms with Crippen molar-refractivity contribution in [2.24, 2.45) is 0 Å². The normalized spacial score (nSPS) is 15.2. The topological polar surface area (TPSA) is 0 Å². The van der Waals surface area contributed by atoms with Crippen LogP contribution in [0.3, 0.4) is 0 Å². The maximum Gasteiger partial charge on any atom is -0.0136 e. The molecule has 0 aromatic carbocycles. The standard InChI is InChI=1S/C8H11/c1-2-3-4-5-8-6-7-8/h1-2,6H,3-5,7H2. The van der Waals surface area contributed by atoms with Crippen LogP contribution in [0, 0.1) is 6.58 Å². The van der Waals surface area contributed by atoms with Gasteiger partial charge in [0.1, 0.15) is 0 Å². The Hall–Kier alpha value is -0.520. The summed E-state index contributed by atoms with van der Waals surface area (Å²) >= 11 is 0.